The predicted molar refractivity (Wildman–Crippen MR) is 118 cm³/mol. The molecule has 0 aromatic carbocycles. The Morgan fingerprint density at radius 3 is 2.68 bits per heavy atom. The first-order valence-electron chi connectivity index (χ1n) is 10.7. The number of halogens is 1. The van der Waals surface area contributed by atoms with E-state index in [1.807, 2.05) is 24.8 Å². The summed E-state index contributed by atoms with van der Waals surface area (Å²) in [5, 5.41) is 3.00. The average Bonchev–Trinajstić information content (AvgIpc) is 3.14. The lowest BCUT2D eigenvalue weighted by Gasteiger charge is -2.25. The lowest BCUT2D eigenvalue weighted by Crippen LogP contribution is -2.28. The Kier molecular flexibility index (Phi) is 6.00. The number of aromatic nitrogens is 3. The maximum Gasteiger partial charge on any atom is 0.258 e. The van der Waals surface area contributed by atoms with Crippen LogP contribution in [0, 0.1) is 0 Å². The van der Waals surface area contributed by atoms with Crippen molar-refractivity contribution >= 4 is 23.0 Å². The second-order valence-corrected chi connectivity index (χ2v) is 8.65. The van der Waals surface area contributed by atoms with E-state index in [0.29, 0.717) is 49.1 Å². The normalized spacial score (nSPS) is 21.3. The predicted octanol–water partition coefficient (Wildman–Crippen LogP) is 3.99. The number of carbonyl (C=O) groups is 1. The largest absolute Gasteiger partial charge is 0.376 e. The zero-order valence-corrected chi connectivity index (χ0v) is 18.2. The number of rotatable bonds is 5. The smallest absolute Gasteiger partial charge is 0.258 e. The molecule has 31 heavy (non-hydrogen) atoms. The first-order valence-corrected chi connectivity index (χ1v) is 10.7. The Morgan fingerprint density at radius 1 is 1.29 bits per heavy atom. The number of hydrogen-bond acceptors (Lipinski definition) is 6. The molecule has 2 aliphatic rings. The fourth-order valence-corrected chi connectivity index (χ4v) is 3.87. The number of nitrogens with one attached hydrogen (secondary N) is 1. The molecule has 2 aromatic rings. The van der Waals surface area contributed by atoms with Crippen molar-refractivity contribution in [1.82, 2.24) is 15.0 Å². The molecule has 0 saturated carbocycles. The van der Waals surface area contributed by atoms with Gasteiger partial charge in [-0.15, -0.1) is 0 Å². The minimum atomic E-state index is -1.29. The molecule has 1 saturated heterocycles. The van der Waals surface area contributed by atoms with E-state index in [0.717, 1.165) is 17.6 Å². The number of ether oxygens (including phenoxy) is 1. The molecular formula is C23H28FN5O2. The molecule has 0 bridgehead atoms. The van der Waals surface area contributed by atoms with Gasteiger partial charge in [-0.25, -0.2) is 19.3 Å². The van der Waals surface area contributed by atoms with Crippen LogP contribution in [0.25, 0.3) is 5.57 Å². The van der Waals surface area contributed by atoms with Crippen molar-refractivity contribution in [2.24, 2.45) is 0 Å². The topological polar surface area (TPSA) is 80.2 Å². The van der Waals surface area contributed by atoms with Crippen LogP contribution in [-0.4, -0.2) is 52.8 Å². The SMILES string of the molecule is CC(C)c1ncc(C(=O)Nc2c(C3=CCCOC3)ccnc2N2CCC(C)(F)C2)cn1. The van der Waals surface area contributed by atoms with Crippen LogP contribution in [0.3, 0.4) is 0 Å². The highest BCUT2D eigenvalue weighted by molar-refractivity contribution is 6.07. The fourth-order valence-electron chi connectivity index (χ4n) is 3.87. The minimum absolute atomic E-state index is 0.178. The minimum Gasteiger partial charge on any atom is -0.376 e. The first-order chi connectivity index (χ1) is 14.8. The highest BCUT2D eigenvalue weighted by Crippen LogP contribution is 2.37. The summed E-state index contributed by atoms with van der Waals surface area (Å²) >= 11 is 0. The Hall–Kier alpha value is -2.87. The Labute approximate surface area is 181 Å². The van der Waals surface area contributed by atoms with Crippen molar-refractivity contribution in [2.75, 3.05) is 36.5 Å². The molecule has 4 rings (SSSR count). The molecule has 1 fully saturated rings. The fraction of sp³-hybridized carbons (Fsp3) is 0.478. The Morgan fingerprint density at radius 2 is 2.06 bits per heavy atom. The van der Waals surface area contributed by atoms with E-state index >= 15 is 0 Å². The quantitative estimate of drug-likeness (QED) is 0.780. The van der Waals surface area contributed by atoms with Crippen LogP contribution in [0.15, 0.2) is 30.7 Å². The number of anilines is 2. The summed E-state index contributed by atoms with van der Waals surface area (Å²) in [6.45, 7) is 7.49. The molecule has 1 unspecified atom stereocenters. The number of pyridine rings is 1. The first kappa shape index (κ1) is 21.4. The van der Waals surface area contributed by atoms with Crippen LogP contribution in [0.1, 0.15) is 61.3 Å². The molecular weight excluding hydrogens is 397 g/mol. The van der Waals surface area contributed by atoms with Crippen LogP contribution in [0.5, 0.6) is 0 Å². The standard InChI is InChI=1S/C23H28FN5O2/c1-15(2)20-26-11-17(12-27-20)22(30)28-19-18(16-5-4-10-31-13-16)6-8-25-21(19)29-9-7-23(3,24)14-29/h5-6,8,11-12,15H,4,7,9-10,13-14H2,1-3H3,(H,28,30). The molecule has 8 heteroatoms. The van der Waals surface area contributed by atoms with Crippen LogP contribution in [0.4, 0.5) is 15.9 Å². The summed E-state index contributed by atoms with van der Waals surface area (Å²) in [5.74, 6) is 1.10. The van der Waals surface area contributed by atoms with Crippen LogP contribution < -0.4 is 10.2 Å². The van der Waals surface area contributed by atoms with Crippen LogP contribution in [0.2, 0.25) is 0 Å². The van der Waals surface area contributed by atoms with E-state index in [1.165, 1.54) is 12.4 Å². The van der Waals surface area contributed by atoms with Crippen LogP contribution >= 0.6 is 0 Å². The van der Waals surface area contributed by atoms with Gasteiger partial charge in [-0.05, 0) is 25.0 Å². The monoisotopic (exact) mass is 425 g/mol. The third kappa shape index (κ3) is 4.74. The maximum absolute atomic E-state index is 14.6. The van der Waals surface area contributed by atoms with Crippen molar-refractivity contribution in [3.63, 3.8) is 0 Å². The second-order valence-electron chi connectivity index (χ2n) is 8.65. The van der Waals surface area contributed by atoms with Gasteiger partial charge >= 0.3 is 0 Å². The van der Waals surface area contributed by atoms with Gasteiger partial charge in [-0.1, -0.05) is 19.9 Å². The third-order valence-electron chi connectivity index (χ3n) is 5.60. The van der Waals surface area contributed by atoms with Crippen molar-refractivity contribution in [2.45, 2.75) is 45.2 Å². The highest BCUT2D eigenvalue weighted by Gasteiger charge is 2.36. The highest BCUT2D eigenvalue weighted by atomic mass is 19.1. The van der Waals surface area contributed by atoms with Gasteiger partial charge in [0, 0.05) is 43.0 Å². The number of nitrogens with zero attached hydrogens (tertiary/aromatic N) is 4. The molecule has 0 spiro atoms. The van der Waals surface area contributed by atoms with Gasteiger partial charge in [0.2, 0.25) is 0 Å². The van der Waals surface area contributed by atoms with Gasteiger partial charge in [0.15, 0.2) is 5.82 Å². The number of hydrogen-bond donors (Lipinski definition) is 1. The van der Waals surface area contributed by atoms with E-state index in [-0.39, 0.29) is 18.4 Å². The summed E-state index contributed by atoms with van der Waals surface area (Å²) in [6.07, 6.45) is 8.10. The number of carbonyl (C=O) groups excluding carboxylic acids is 1. The van der Waals surface area contributed by atoms with Gasteiger partial charge in [0.1, 0.15) is 11.5 Å². The third-order valence-corrected chi connectivity index (χ3v) is 5.60. The number of alkyl halides is 1. The molecule has 1 N–H and O–H groups in total. The molecule has 7 nitrogen and oxygen atoms in total. The summed E-state index contributed by atoms with van der Waals surface area (Å²) in [5.41, 5.74) is 1.46. The van der Waals surface area contributed by atoms with Gasteiger partial charge < -0.3 is 15.0 Å². The van der Waals surface area contributed by atoms with E-state index in [9.17, 15) is 9.18 Å². The Balaban J connectivity index is 1.69. The molecule has 1 amide bonds. The molecule has 2 aliphatic heterocycles. The second kappa shape index (κ2) is 8.70. The average molecular weight is 426 g/mol. The van der Waals surface area contributed by atoms with Crippen molar-refractivity contribution in [3.05, 3.63) is 47.7 Å². The zero-order chi connectivity index (χ0) is 22.0. The molecule has 1 atom stereocenters. The molecule has 164 valence electrons. The molecule has 2 aromatic heterocycles. The van der Waals surface area contributed by atoms with E-state index in [1.54, 1.807) is 13.1 Å². The van der Waals surface area contributed by atoms with Crippen molar-refractivity contribution in [3.8, 4) is 0 Å². The van der Waals surface area contributed by atoms with Gasteiger partial charge in [-0.2, -0.15) is 0 Å². The summed E-state index contributed by atoms with van der Waals surface area (Å²) in [6, 6.07) is 1.86. The van der Waals surface area contributed by atoms with Gasteiger partial charge in [0.05, 0.1) is 31.0 Å². The van der Waals surface area contributed by atoms with Crippen LogP contribution in [-0.2, 0) is 4.74 Å². The maximum atomic E-state index is 14.6. The molecule has 4 heterocycles. The zero-order valence-electron chi connectivity index (χ0n) is 18.2. The summed E-state index contributed by atoms with van der Waals surface area (Å²) < 4.78 is 20.2. The number of amides is 1. The van der Waals surface area contributed by atoms with E-state index in [4.69, 9.17) is 4.74 Å². The van der Waals surface area contributed by atoms with Gasteiger partial charge in [0.25, 0.3) is 5.91 Å². The van der Waals surface area contributed by atoms with Crippen molar-refractivity contribution in [1.29, 1.82) is 0 Å². The molecule has 0 aliphatic carbocycles. The molecule has 0 radical (unpaired) electrons. The summed E-state index contributed by atoms with van der Waals surface area (Å²) in [4.78, 5) is 28.1. The lowest BCUT2D eigenvalue weighted by atomic mass is 10.0. The van der Waals surface area contributed by atoms with Gasteiger partial charge in [-0.3, -0.25) is 4.79 Å². The van der Waals surface area contributed by atoms with E-state index < -0.39 is 5.67 Å². The Bertz CT molecular complexity index is 988. The lowest BCUT2D eigenvalue weighted by molar-refractivity contribution is 0.102. The van der Waals surface area contributed by atoms with E-state index in [2.05, 4.69) is 26.3 Å². The summed E-state index contributed by atoms with van der Waals surface area (Å²) in [7, 11) is 0. The van der Waals surface area contributed by atoms with Crippen molar-refractivity contribution < 1.29 is 13.9 Å².